The number of amides is 3. The highest BCUT2D eigenvalue weighted by Gasteiger charge is 2.38. The molecule has 0 aromatic heterocycles. The van der Waals surface area contributed by atoms with Gasteiger partial charge in [0.15, 0.2) is 0 Å². The van der Waals surface area contributed by atoms with Gasteiger partial charge in [-0.25, -0.2) is 4.79 Å². The third-order valence-corrected chi connectivity index (χ3v) is 3.50. The molecule has 1 atom stereocenters. The summed E-state index contributed by atoms with van der Waals surface area (Å²) in [5.74, 6) is -0.0333. The van der Waals surface area contributed by atoms with E-state index < -0.39 is 0 Å². The molecule has 2 aliphatic rings. The van der Waals surface area contributed by atoms with Crippen LogP contribution in [-0.4, -0.2) is 30.4 Å². The minimum atomic E-state index is -0.360. The fourth-order valence-electron chi connectivity index (χ4n) is 2.61. The summed E-state index contributed by atoms with van der Waals surface area (Å²) in [5, 5.41) is 5.55. The Hall–Kier alpha value is -2.30. The zero-order valence-corrected chi connectivity index (χ0v) is 10.9. The molecular formula is C14H15N3O2. The lowest BCUT2D eigenvalue weighted by Gasteiger charge is -2.25. The van der Waals surface area contributed by atoms with E-state index in [1.165, 1.54) is 0 Å². The van der Waals surface area contributed by atoms with Crippen molar-refractivity contribution in [2.75, 3.05) is 13.6 Å². The second kappa shape index (κ2) is 4.12. The van der Waals surface area contributed by atoms with E-state index in [-0.39, 0.29) is 18.0 Å². The first-order valence-corrected chi connectivity index (χ1v) is 6.19. The average molecular weight is 257 g/mol. The Bertz CT molecular complexity index is 606. The smallest absolute Gasteiger partial charge is 0.319 e. The van der Waals surface area contributed by atoms with E-state index in [9.17, 15) is 9.59 Å². The molecule has 2 aliphatic heterocycles. The number of likely N-dealkylation sites (N-methyl/N-ethyl adjacent to an activating group) is 1. The Balaban J connectivity index is 2.07. The zero-order valence-electron chi connectivity index (χ0n) is 10.9. The van der Waals surface area contributed by atoms with Crippen LogP contribution in [0.25, 0.3) is 0 Å². The molecule has 0 radical (unpaired) electrons. The molecule has 0 unspecified atom stereocenters. The number of urea groups is 1. The van der Waals surface area contributed by atoms with Crippen LogP contribution in [0.15, 0.2) is 35.5 Å². The summed E-state index contributed by atoms with van der Waals surface area (Å²) in [6.45, 7) is 2.45. The number of hydrogen-bond donors (Lipinski definition) is 2. The van der Waals surface area contributed by atoms with E-state index in [1.807, 2.05) is 31.2 Å². The Morgan fingerprint density at radius 1 is 1.32 bits per heavy atom. The second-order valence-corrected chi connectivity index (χ2v) is 5.00. The number of hydrogen-bond acceptors (Lipinski definition) is 2. The maximum Gasteiger partial charge on any atom is 0.319 e. The highest BCUT2D eigenvalue weighted by Crippen LogP contribution is 2.31. The van der Waals surface area contributed by atoms with Gasteiger partial charge in [-0.2, -0.15) is 0 Å². The topological polar surface area (TPSA) is 61.4 Å². The van der Waals surface area contributed by atoms with Crippen molar-refractivity contribution < 1.29 is 9.59 Å². The largest absolute Gasteiger partial charge is 0.336 e. The predicted molar refractivity (Wildman–Crippen MR) is 70.3 cm³/mol. The van der Waals surface area contributed by atoms with Crippen LogP contribution in [0.3, 0.4) is 0 Å². The summed E-state index contributed by atoms with van der Waals surface area (Å²) < 4.78 is 0. The van der Waals surface area contributed by atoms with Crippen molar-refractivity contribution >= 4 is 11.9 Å². The number of nitrogens with one attached hydrogen (secondary N) is 2. The number of aryl methyl sites for hydroxylation is 1. The van der Waals surface area contributed by atoms with Crippen molar-refractivity contribution in [2.24, 2.45) is 0 Å². The number of benzene rings is 1. The molecule has 0 spiro atoms. The summed E-state index contributed by atoms with van der Waals surface area (Å²) in [7, 11) is 1.74. The van der Waals surface area contributed by atoms with E-state index in [1.54, 1.807) is 11.9 Å². The van der Waals surface area contributed by atoms with Crippen LogP contribution in [0.5, 0.6) is 0 Å². The molecule has 0 bridgehead atoms. The Morgan fingerprint density at radius 3 is 2.84 bits per heavy atom. The van der Waals surface area contributed by atoms with Crippen LogP contribution < -0.4 is 10.6 Å². The first kappa shape index (κ1) is 11.8. The molecule has 1 aromatic carbocycles. The fraction of sp³-hybridized carbons (Fsp3) is 0.286. The van der Waals surface area contributed by atoms with Gasteiger partial charge < -0.3 is 15.5 Å². The van der Waals surface area contributed by atoms with Crippen LogP contribution in [0.1, 0.15) is 17.2 Å². The molecule has 2 N–H and O–H groups in total. The van der Waals surface area contributed by atoms with Gasteiger partial charge in [0.1, 0.15) is 0 Å². The van der Waals surface area contributed by atoms with E-state index in [0.29, 0.717) is 17.8 Å². The van der Waals surface area contributed by atoms with Gasteiger partial charge in [0.2, 0.25) is 0 Å². The predicted octanol–water partition coefficient (Wildman–Crippen LogP) is 1.08. The van der Waals surface area contributed by atoms with Gasteiger partial charge in [-0.05, 0) is 12.5 Å². The quantitative estimate of drug-likeness (QED) is 0.790. The van der Waals surface area contributed by atoms with E-state index in [0.717, 1.165) is 11.1 Å². The van der Waals surface area contributed by atoms with Gasteiger partial charge in [-0.1, -0.05) is 29.8 Å². The number of nitrogens with zero attached hydrogens (tertiary/aromatic N) is 1. The standard InChI is InChI=1S/C14H15N3O2/c1-8-4-3-5-9(6-8)12-11-10(15-14(19)16-12)7-17(2)13(11)18/h3-6,12H,7H2,1-2H3,(H2,15,16,19)/t12-/m1/s1. The number of rotatable bonds is 1. The van der Waals surface area contributed by atoms with Crippen LogP contribution in [0, 0.1) is 6.92 Å². The maximum atomic E-state index is 12.2. The molecule has 0 saturated carbocycles. The Kier molecular flexibility index (Phi) is 2.55. The zero-order chi connectivity index (χ0) is 13.6. The van der Waals surface area contributed by atoms with Crippen molar-refractivity contribution in [1.29, 1.82) is 0 Å². The molecule has 5 nitrogen and oxygen atoms in total. The molecule has 0 aliphatic carbocycles. The van der Waals surface area contributed by atoms with Crippen LogP contribution in [0.2, 0.25) is 0 Å². The van der Waals surface area contributed by atoms with E-state index >= 15 is 0 Å². The molecule has 98 valence electrons. The molecule has 0 saturated heterocycles. The first-order chi connectivity index (χ1) is 9.06. The van der Waals surface area contributed by atoms with E-state index in [4.69, 9.17) is 0 Å². The average Bonchev–Trinajstić information content (AvgIpc) is 2.64. The van der Waals surface area contributed by atoms with Gasteiger partial charge in [0, 0.05) is 7.05 Å². The van der Waals surface area contributed by atoms with Crippen molar-refractivity contribution in [3.63, 3.8) is 0 Å². The van der Waals surface area contributed by atoms with Crippen molar-refractivity contribution in [3.8, 4) is 0 Å². The fourth-order valence-corrected chi connectivity index (χ4v) is 2.61. The highest BCUT2D eigenvalue weighted by atomic mass is 16.2. The van der Waals surface area contributed by atoms with Gasteiger partial charge in [0.25, 0.3) is 5.91 Å². The lowest BCUT2D eigenvalue weighted by Crippen LogP contribution is -2.44. The summed E-state index contributed by atoms with van der Waals surface area (Å²) >= 11 is 0. The van der Waals surface area contributed by atoms with Crippen molar-refractivity contribution in [3.05, 3.63) is 46.7 Å². The molecular weight excluding hydrogens is 242 g/mol. The van der Waals surface area contributed by atoms with Crippen LogP contribution in [0.4, 0.5) is 4.79 Å². The number of carbonyl (C=O) groups is 2. The van der Waals surface area contributed by atoms with Gasteiger partial charge in [-0.3, -0.25) is 4.79 Å². The summed E-state index contributed by atoms with van der Waals surface area (Å²) in [6, 6.07) is 7.23. The van der Waals surface area contributed by atoms with Crippen LogP contribution in [-0.2, 0) is 4.79 Å². The summed E-state index contributed by atoms with van der Waals surface area (Å²) in [5.41, 5.74) is 3.40. The third-order valence-electron chi connectivity index (χ3n) is 3.50. The third kappa shape index (κ3) is 1.87. The first-order valence-electron chi connectivity index (χ1n) is 6.19. The molecule has 0 fully saturated rings. The lowest BCUT2D eigenvalue weighted by molar-refractivity contribution is -0.124. The Morgan fingerprint density at radius 2 is 2.11 bits per heavy atom. The summed E-state index contributed by atoms with van der Waals surface area (Å²) in [4.78, 5) is 25.5. The molecule has 2 heterocycles. The number of carbonyl (C=O) groups excluding carboxylic acids is 2. The molecule has 3 amide bonds. The van der Waals surface area contributed by atoms with Crippen LogP contribution >= 0.6 is 0 Å². The van der Waals surface area contributed by atoms with Crippen molar-refractivity contribution in [1.82, 2.24) is 15.5 Å². The normalized spacial score (nSPS) is 22.2. The molecule has 5 heteroatoms. The van der Waals surface area contributed by atoms with Crippen molar-refractivity contribution in [2.45, 2.75) is 13.0 Å². The SMILES string of the molecule is Cc1cccc([C@H]2NC(=O)NC3=C2C(=O)N(C)C3)c1. The molecule has 19 heavy (non-hydrogen) atoms. The minimum absolute atomic E-state index is 0.0333. The molecule has 1 aromatic rings. The van der Waals surface area contributed by atoms with Gasteiger partial charge >= 0.3 is 6.03 Å². The monoisotopic (exact) mass is 257 g/mol. The van der Waals surface area contributed by atoms with Gasteiger partial charge in [0.05, 0.1) is 23.9 Å². The molecule has 3 rings (SSSR count). The highest BCUT2D eigenvalue weighted by molar-refractivity contribution is 6.01. The van der Waals surface area contributed by atoms with E-state index in [2.05, 4.69) is 10.6 Å². The minimum Gasteiger partial charge on any atom is -0.336 e. The summed E-state index contributed by atoms with van der Waals surface area (Å²) in [6.07, 6.45) is 0. The Labute approximate surface area is 111 Å². The lowest BCUT2D eigenvalue weighted by atomic mass is 9.95. The second-order valence-electron chi connectivity index (χ2n) is 5.00. The van der Waals surface area contributed by atoms with Gasteiger partial charge in [-0.15, -0.1) is 0 Å². The maximum absolute atomic E-state index is 12.2.